The van der Waals surface area contributed by atoms with Crippen molar-refractivity contribution in [2.75, 3.05) is 26.1 Å². The summed E-state index contributed by atoms with van der Waals surface area (Å²) in [5, 5.41) is 4.16. The Bertz CT molecular complexity index is 895. The monoisotopic (exact) mass is 362 g/mol. The first-order chi connectivity index (χ1) is 11.6. The quantitative estimate of drug-likeness (QED) is 0.664. The molecule has 7 heteroatoms. The van der Waals surface area contributed by atoms with E-state index in [0.717, 1.165) is 16.0 Å². The van der Waals surface area contributed by atoms with Crippen LogP contribution in [0.1, 0.15) is 10.4 Å². The second-order valence-corrected chi connectivity index (χ2v) is 6.42. The lowest BCUT2D eigenvalue weighted by Crippen LogP contribution is -2.13. The van der Waals surface area contributed by atoms with E-state index in [9.17, 15) is 4.79 Å². The average molecular weight is 363 g/mol. The number of aromatic nitrogens is 1. The molecule has 1 aromatic heterocycles. The molecule has 1 heterocycles. The number of nitrogens with zero attached hydrogens (tertiary/aromatic N) is 1. The third-order valence-corrected chi connectivity index (χ3v) is 4.74. The Morgan fingerprint density at radius 3 is 2.75 bits per heavy atom. The van der Waals surface area contributed by atoms with Crippen molar-refractivity contribution in [2.24, 2.45) is 0 Å². The summed E-state index contributed by atoms with van der Waals surface area (Å²) >= 11 is 7.53. The molecule has 124 valence electrons. The van der Waals surface area contributed by atoms with Gasteiger partial charge in [0.05, 0.1) is 36.0 Å². The maximum absolute atomic E-state index is 12.3. The summed E-state index contributed by atoms with van der Waals surface area (Å²) in [6, 6.07) is 10.6. The van der Waals surface area contributed by atoms with E-state index < -0.39 is 0 Å². The van der Waals surface area contributed by atoms with E-state index in [0.29, 0.717) is 21.5 Å². The first-order valence-corrected chi connectivity index (χ1v) is 8.35. The molecule has 5 nitrogen and oxygen atoms in total. The van der Waals surface area contributed by atoms with Crippen LogP contribution in [0.2, 0.25) is 5.02 Å². The molecule has 0 bridgehead atoms. The minimum Gasteiger partial charge on any atom is -0.497 e. The summed E-state index contributed by atoms with van der Waals surface area (Å²) < 4.78 is 11.3. The van der Waals surface area contributed by atoms with Gasteiger partial charge in [-0.2, -0.15) is 0 Å². The molecule has 0 unspecified atom stereocenters. The smallest absolute Gasteiger partial charge is 0.184 e. The molecule has 0 aliphatic heterocycles. The predicted molar refractivity (Wildman–Crippen MR) is 97.0 cm³/mol. The van der Waals surface area contributed by atoms with Crippen LogP contribution in [0.4, 0.5) is 5.13 Å². The lowest BCUT2D eigenvalue weighted by molar-refractivity contribution is 0.101. The molecule has 24 heavy (non-hydrogen) atoms. The SMILES string of the molecule is COc1ccc2nc(NCC(=O)c3ccc(OC)c(Cl)c3)sc2c1. The highest BCUT2D eigenvalue weighted by molar-refractivity contribution is 7.22. The molecule has 0 radical (unpaired) electrons. The number of hydrogen-bond acceptors (Lipinski definition) is 6. The molecule has 0 saturated heterocycles. The van der Waals surface area contributed by atoms with Crippen molar-refractivity contribution in [1.29, 1.82) is 0 Å². The fourth-order valence-corrected chi connectivity index (χ4v) is 3.35. The Hall–Kier alpha value is -2.31. The van der Waals surface area contributed by atoms with Crippen molar-refractivity contribution in [3.63, 3.8) is 0 Å². The Morgan fingerprint density at radius 2 is 2.04 bits per heavy atom. The van der Waals surface area contributed by atoms with Crippen LogP contribution in [0.5, 0.6) is 11.5 Å². The summed E-state index contributed by atoms with van der Waals surface area (Å²) in [4.78, 5) is 16.7. The second kappa shape index (κ2) is 7.07. The summed E-state index contributed by atoms with van der Waals surface area (Å²) in [7, 11) is 3.16. The Labute approximate surface area is 148 Å². The molecule has 1 N–H and O–H groups in total. The number of benzene rings is 2. The summed E-state index contributed by atoms with van der Waals surface area (Å²) in [5.74, 6) is 1.25. The van der Waals surface area contributed by atoms with E-state index in [4.69, 9.17) is 21.1 Å². The van der Waals surface area contributed by atoms with Crippen LogP contribution in [0.25, 0.3) is 10.2 Å². The third-order valence-electron chi connectivity index (χ3n) is 3.47. The minimum atomic E-state index is -0.0728. The zero-order chi connectivity index (χ0) is 17.1. The average Bonchev–Trinajstić information content (AvgIpc) is 3.01. The van der Waals surface area contributed by atoms with Crippen LogP contribution in [0, 0.1) is 0 Å². The minimum absolute atomic E-state index is 0.0728. The van der Waals surface area contributed by atoms with Crippen LogP contribution in [-0.2, 0) is 0 Å². The Kier molecular flexibility index (Phi) is 4.87. The number of hydrogen-bond donors (Lipinski definition) is 1. The van der Waals surface area contributed by atoms with E-state index in [-0.39, 0.29) is 12.3 Å². The number of carbonyl (C=O) groups excluding carboxylic acids is 1. The van der Waals surface area contributed by atoms with Gasteiger partial charge < -0.3 is 14.8 Å². The number of fused-ring (bicyclic) bond motifs is 1. The first kappa shape index (κ1) is 16.5. The van der Waals surface area contributed by atoms with Crippen LogP contribution in [0.15, 0.2) is 36.4 Å². The molecule has 3 rings (SSSR count). The number of nitrogens with one attached hydrogen (secondary N) is 1. The molecular formula is C17H15ClN2O3S. The van der Waals surface area contributed by atoms with Gasteiger partial charge in [0.2, 0.25) is 0 Å². The molecule has 0 amide bonds. The van der Waals surface area contributed by atoms with Crippen molar-refractivity contribution in [1.82, 2.24) is 4.98 Å². The molecule has 0 fully saturated rings. The van der Waals surface area contributed by atoms with E-state index in [1.54, 1.807) is 25.3 Å². The fraction of sp³-hybridized carbons (Fsp3) is 0.176. The van der Waals surface area contributed by atoms with Gasteiger partial charge in [-0.3, -0.25) is 4.79 Å². The van der Waals surface area contributed by atoms with Gasteiger partial charge in [-0.15, -0.1) is 0 Å². The lowest BCUT2D eigenvalue weighted by atomic mass is 10.1. The van der Waals surface area contributed by atoms with E-state index in [1.807, 2.05) is 18.2 Å². The van der Waals surface area contributed by atoms with Gasteiger partial charge in [-0.25, -0.2) is 4.98 Å². The van der Waals surface area contributed by atoms with Gasteiger partial charge in [-0.05, 0) is 36.4 Å². The van der Waals surface area contributed by atoms with Gasteiger partial charge in [-0.1, -0.05) is 22.9 Å². The molecule has 0 saturated carbocycles. The van der Waals surface area contributed by atoms with Crippen molar-refractivity contribution < 1.29 is 14.3 Å². The Morgan fingerprint density at radius 1 is 1.21 bits per heavy atom. The largest absolute Gasteiger partial charge is 0.497 e. The summed E-state index contributed by atoms with van der Waals surface area (Å²) in [5.41, 5.74) is 1.39. The van der Waals surface area contributed by atoms with Gasteiger partial charge in [0, 0.05) is 5.56 Å². The van der Waals surface area contributed by atoms with Gasteiger partial charge >= 0.3 is 0 Å². The second-order valence-electron chi connectivity index (χ2n) is 4.98. The lowest BCUT2D eigenvalue weighted by Gasteiger charge is -2.06. The number of carbonyl (C=O) groups is 1. The maximum Gasteiger partial charge on any atom is 0.184 e. The topological polar surface area (TPSA) is 60.5 Å². The standard InChI is InChI=1S/C17H15ClN2O3S/c1-22-11-4-5-13-16(8-11)24-17(20-13)19-9-14(21)10-3-6-15(23-2)12(18)7-10/h3-8H,9H2,1-2H3,(H,19,20). The van der Waals surface area contributed by atoms with Gasteiger partial charge in [0.25, 0.3) is 0 Å². The number of ether oxygens (including phenoxy) is 2. The van der Waals surface area contributed by atoms with Gasteiger partial charge in [0.1, 0.15) is 11.5 Å². The Balaban J connectivity index is 1.70. The number of rotatable bonds is 6. The fourth-order valence-electron chi connectivity index (χ4n) is 2.21. The molecule has 2 aromatic carbocycles. The van der Waals surface area contributed by atoms with Crippen molar-refractivity contribution >= 4 is 44.1 Å². The summed E-state index contributed by atoms with van der Waals surface area (Å²) in [6.07, 6.45) is 0. The summed E-state index contributed by atoms with van der Waals surface area (Å²) in [6.45, 7) is 0.139. The molecule has 3 aromatic rings. The van der Waals surface area contributed by atoms with Crippen LogP contribution in [0.3, 0.4) is 0 Å². The van der Waals surface area contributed by atoms with Gasteiger partial charge in [0.15, 0.2) is 10.9 Å². The normalized spacial score (nSPS) is 10.6. The zero-order valence-corrected chi connectivity index (χ0v) is 14.7. The highest BCUT2D eigenvalue weighted by Crippen LogP contribution is 2.29. The van der Waals surface area contributed by atoms with Crippen molar-refractivity contribution in [3.05, 3.63) is 47.0 Å². The van der Waals surface area contributed by atoms with E-state index >= 15 is 0 Å². The van der Waals surface area contributed by atoms with Crippen molar-refractivity contribution in [2.45, 2.75) is 0 Å². The third kappa shape index (κ3) is 3.44. The maximum atomic E-state index is 12.3. The number of halogens is 1. The highest BCUT2D eigenvalue weighted by atomic mass is 35.5. The molecule has 0 spiro atoms. The van der Waals surface area contributed by atoms with Crippen LogP contribution < -0.4 is 14.8 Å². The highest BCUT2D eigenvalue weighted by Gasteiger charge is 2.11. The first-order valence-electron chi connectivity index (χ1n) is 7.16. The zero-order valence-electron chi connectivity index (χ0n) is 13.1. The van der Waals surface area contributed by atoms with E-state index in [1.165, 1.54) is 18.4 Å². The molecule has 0 aliphatic rings. The number of methoxy groups -OCH3 is 2. The number of ketones is 1. The number of Topliss-reactive ketones (excluding diaryl/α,β-unsaturated/α-hetero) is 1. The van der Waals surface area contributed by atoms with Crippen LogP contribution >= 0.6 is 22.9 Å². The molecular weight excluding hydrogens is 348 g/mol. The predicted octanol–water partition coefficient (Wildman–Crippen LogP) is 4.26. The molecule has 0 aliphatic carbocycles. The van der Waals surface area contributed by atoms with E-state index in [2.05, 4.69) is 10.3 Å². The van der Waals surface area contributed by atoms with Crippen molar-refractivity contribution in [3.8, 4) is 11.5 Å². The molecule has 0 atom stereocenters. The number of thiazole rings is 1. The van der Waals surface area contributed by atoms with Crippen LogP contribution in [-0.4, -0.2) is 31.5 Å². The number of anilines is 1.